The van der Waals surface area contributed by atoms with E-state index in [-0.39, 0.29) is 12.5 Å². The molecule has 0 saturated carbocycles. The summed E-state index contributed by atoms with van der Waals surface area (Å²) >= 11 is 0. The molecule has 0 saturated heterocycles. The summed E-state index contributed by atoms with van der Waals surface area (Å²) in [5, 5.41) is 5.86. The van der Waals surface area contributed by atoms with Crippen molar-refractivity contribution in [2.75, 3.05) is 55.4 Å². The molecule has 8 nitrogen and oxygen atoms in total. The van der Waals surface area contributed by atoms with Crippen molar-refractivity contribution in [3.05, 3.63) is 0 Å². The predicted molar refractivity (Wildman–Crippen MR) is 84.9 cm³/mol. The molecule has 0 aliphatic rings. The van der Waals surface area contributed by atoms with Gasteiger partial charge in [0, 0.05) is 33.7 Å². The summed E-state index contributed by atoms with van der Waals surface area (Å²) in [4.78, 5) is 28.5. The quantitative estimate of drug-likeness (QED) is 0.715. The van der Waals surface area contributed by atoms with Crippen LogP contribution < -0.4 is 20.4 Å². The Morgan fingerprint density at radius 2 is 1.71 bits per heavy atom. The SMILES string of the molecule is CCNC(=O)CN(CC)c1nc(NCC)nc(N(C)C)n1. The molecule has 0 atom stereocenters. The number of amides is 1. The number of carbonyl (C=O) groups is 1. The summed E-state index contributed by atoms with van der Waals surface area (Å²) in [5.41, 5.74) is 0. The zero-order chi connectivity index (χ0) is 15.8. The average molecular weight is 295 g/mol. The van der Waals surface area contributed by atoms with Gasteiger partial charge in [-0.05, 0) is 20.8 Å². The van der Waals surface area contributed by atoms with Gasteiger partial charge in [-0.3, -0.25) is 4.79 Å². The first-order chi connectivity index (χ1) is 10.0. The second-order valence-electron chi connectivity index (χ2n) is 4.65. The maximum absolute atomic E-state index is 11.8. The number of hydrogen-bond acceptors (Lipinski definition) is 7. The highest BCUT2D eigenvalue weighted by Crippen LogP contribution is 2.14. The van der Waals surface area contributed by atoms with Crippen LogP contribution in [0.25, 0.3) is 0 Å². The molecule has 0 unspecified atom stereocenters. The minimum absolute atomic E-state index is 0.0452. The molecule has 118 valence electrons. The first-order valence-corrected chi connectivity index (χ1v) is 7.20. The first kappa shape index (κ1) is 16.9. The Labute approximate surface area is 126 Å². The van der Waals surface area contributed by atoms with Crippen molar-refractivity contribution in [3.63, 3.8) is 0 Å². The van der Waals surface area contributed by atoms with Crippen LogP contribution in [-0.2, 0) is 4.79 Å². The van der Waals surface area contributed by atoms with Crippen molar-refractivity contribution < 1.29 is 4.79 Å². The fourth-order valence-corrected chi connectivity index (χ4v) is 1.68. The molecule has 1 amide bonds. The summed E-state index contributed by atoms with van der Waals surface area (Å²) in [6.45, 7) is 8.03. The Balaban J connectivity index is 3.03. The van der Waals surface area contributed by atoms with Gasteiger partial charge in [-0.1, -0.05) is 0 Å². The van der Waals surface area contributed by atoms with Crippen molar-refractivity contribution in [1.82, 2.24) is 20.3 Å². The van der Waals surface area contributed by atoms with E-state index in [9.17, 15) is 4.79 Å². The topological polar surface area (TPSA) is 86.3 Å². The third-order valence-electron chi connectivity index (χ3n) is 2.72. The van der Waals surface area contributed by atoms with Crippen molar-refractivity contribution >= 4 is 23.8 Å². The molecule has 1 aromatic rings. The highest BCUT2D eigenvalue weighted by molar-refractivity contribution is 5.80. The van der Waals surface area contributed by atoms with Gasteiger partial charge < -0.3 is 20.4 Å². The molecule has 0 aliphatic heterocycles. The molecule has 0 fully saturated rings. The minimum atomic E-state index is -0.0452. The summed E-state index contributed by atoms with van der Waals surface area (Å²) in [6, 6.07) is 0. The Morgan fingerprint density at radius 1 is 1.05 bits per heavy atom. The smallest absolute Gasteiger partial charge is 0.239 e. The van der Waals surface area contributed by atoms with Crippen LogP contribution in [0.1, 0.15) is 20.8 Å². The Morgan fingerprint density at radius 3 is 2.24 bits per heavy atom. The standard InChI is InChI=1S/C13H25N7O/c1-6-14-10(21)9-20(8-3)13-17-11(15-7-2)16-12(18-13)19(4)5/h6-9H2,1-5H3,(H,14,21)(H,15,16,17,18). The molecule has 21 heavy (non-hydrogen) atoms. The molecule has 1 heterocycles. The van der Waals surface area contributed by atoms with Gasteiger partial charge in [0.1, 0.15) is 0 Å². The van der Waals surface area contributed by atoms with Gasteiger partial charge in [0.2, 0.25) is 23.8 Å². The van der Waals surface area contributed by atoms with E-state index in [0.29, 0.717) is 30.9 Å². The van der Waals surface area contributed by atoms with Gasteiger partial charge in [0.15, 0.2) is 0 Å². The number of nitrogens with one attached hydrogen (secondary N) is 2. The van der Waals surface area contributed by atoms with Gasteiger partial charge in [-0.25, -0.2) is 0 Å². The maximum atomic E-state index is 11.8. The van der Waals surface area contributed by atoms with Crippen LogP contribution in [0.2, 0.25) is 0 Å². The molecule has 0 aliphatic carbocycles. The lowest BCUT2D eigenvalue weighted by Gasteiger charge is -2.22. The lowest BCUT2D eigenvalue weighted by atomic mass is 10.4. The average Bonchev–Trinajstić information content (AvgIpc) is 2.45. The first-order valence-electron chi connectivity index (χ1n) is 7.20. The van der Waals surface area contributed by atoms with Crippen LogP contribution in [0.4, 0.5) is 17.8 Å². The summed E-state index contributed by atoms with van der Waals surface area (Å²) in [5.74, 6) is 1.53. The van der Waals surface area contributed by atoms with Crippen molar-refractivity contribution in [2.24, 2.45) is 0 Å². The van der Waals surface area contributed by atoms with Crippen LogP contribution in [0.15, 0.2) is 0 Å². The third-order valence-corrected chi connectivity index (χ3v) is 2.72. The fraction of sp³-hybridized carbons (Fsp3) is 0.692. The Kier molecular flexibility index (Phi) is 6.64. The Hall–Kier alpha value is -2.12. The number of rotatable bonds is 8. The van der Waals surface area contributed by atoms with Crippen LogP contribution in [-0.4, -0.2) is 61.1 Å². The van der Waals surface area contributed by atoms with E-state index in [1.165, 1.54) is 0 Å². The molecule has 0 radical (unpaired) electrons. The normalized spacial score (nSPS) is 10.1. The zero-order valence-electron chi connectivity index (χ0n) is 13.5. The maximum Gasteiger partial charge on any atom is 0.239 e. The number of carbonyl (C=O) groups excluding carboxylic acids is 1. The van der Waals surface area contributed by atoms with Crippen molar-refractivity contribution in [1.29, 1.82) is 0 Å². The van der Waals surface area contributed by atoms with E-state index in [2.05, 4.69) is 25.6 Å². The summed E-state index contributed by atoms with van der Waals surface area (Å²) < 4.78 is 0. The van der Waals surface area contributed by atoms with E-state index in [1.807, 2.05) is 44.7 Å². The van der Waals surface area contributed by atoms with Crippen LogP contribution in [0.3, 0.4) is 0 Å². The largest absolute Gasteiger partial charge is 0.355 e. The number of anilines is 3. The lowest BCUT2D eigenvalue weighted by molar-refractivity contribution is -0.119. The predicted octanol–water partition coefficient (Wildman–Crippen LogP) is 0.332. The fourth-order valence-electron chi connectivity index (χ4n) is 1.68. The third kappa shape index (κ3) is 5.05. The second-order valence-corrected chi connectivity index (χ2v) is 4.65. The molecular formula is C13H25N7O. The minimum Gasteiger partial charge on any atom is -0.355 e. The molecule has 2 N–H and O–H groups in total. The zero-order valence-corrected chi connectivity index (χ0v) is 13.5. The van der Waals surface area contributed by atoms with E-state index in [4.69, 9.17) is 0 Å². The van der Waals surface area contributed by atoms with Crippen molar-refractivity contribution in [2.45, 2.75) is 20.8 Å². The lowest BCUT2D eigenvalue weighted by Crippen LogP contribution is -2.38. The highest BCUT2D eigenvalue weighted by atomic mass is 16.2. The second kappa shape index (κ2) is 8.23. The van der Waals surface area contributed by atoms with Gasteiger partial charge >= 0.3 is 0 Å². The molecular weight excluding hydrogens is 270 g/mol. The van der Waals surface area contributed by atoms with Crippen LogP contribution in [0, 0.1) is 0 Å². The van der Waals surface area contributed by atoms with Crippen LogP contribution in [0.5, 0.6) is 0 Å². The number of nitrogens with zero attached hydrogens (tertiary/aromatic N) is 5. The van der Waals surface area contributed by atoms with Gasteiger partial charge in [0.25, 0.3) is 0 Å². The van der Waals surface area contributed by atoms with Gasteiger partial charge in [-0.15, -0.1) is 0 Å². The molecule has 1 aromatic heterocycles. The van der Waals surface area contributed by atoms with E-state index in [0.717, 1.165) is 6.54 Å². The molecule has 1 rings (SSSR count). The summed E-state index contributed by atoms with van der Waals surface area (Å²) in [7, 11) is 3.74. The molecule has 0 bridgehead atoms. The van der Waals surface area contributed by atoms with E-state index >= 15 is 0 Å². The van der Waals surface area contributed by atoms with E-state index in [1.54, 1.807) is 0 Å². The van der Waals surface area contributed by atoms with Gasteiger partial charge in [-0.2, -0.15) is 15.0 Å². The number of likely N-dealkylation sites (N-methyl/N-ethyl adjacent to an activating group) is 2. The number of hydrogen-bond donors (Lipinski definition) is 2. The van der Waals surface area contributed by atoms with Crippen LogP contribution >= 0.6 is 0 Å². The van der Waals surface area contributed by atoms with E-state index < -0.39 is 0 Å². The molecule has 0 aromatic carbocycles. The highest BCUT2D eigenvalue weighted by Gasteiger charge is 2.15. The van der Waals surface area contributed by atoms with Gasteiger partial charge in [0.05, 0.1) is 6.54 Å². The monoisotopic (exact) mass is 295 g/mol. The Bertz CT molecular complexity index is 464. The number of aromatic nitrogens is 3. The molecule has 0 spiro atoms. The van der Waals surface area contributed by atoms with Crippen molar-refractivity contribution in [3.8, 4) is 0 Å². The summed E-state index contributed by atoms with van der Waals surface area (Å²) in [6.07, 6.45) is 0. The molecule has 8 heteroatoms.